The summed E-state index contributed by atoms with van der Waals surface area (Å²) in [5.74, 6) is 0.117. The second-order valence-electron chi connectivity index (χ2n) is 10.1. The Hall–Kier alpha value is -4.54. The van der Waals surface area contributed by atoms with Crippen LogP contribution in [0.3, 0.4) is 0 Å². The molecule has 10 heteroatoms. The number of carboxylic acids is 1. The number of nitrogens with zero attached hydrogens (tertiary/aromatic N) is 3. The smallest absolute Gasteiger partial charge is 0.335 e. The second-order valence-corrected chi connectivity index (χ2v) is 10.1. The van der Waals surface area contributed by atoms with E-state index in [1.165, 1.54) is 18.4 Å². The highest BCUT2D eigenvalue weighted by atomic mass is 19.1. The number of likely N-dealkylation sites (tertiary alicyclic amines) is 1. The number of carbonyl (C=O) groups excluding carboxylic acids is 1. The third-order valence-corrected chi connectivity index (χ3v) is 7.17. The molecule has 41 heavy (non-hydrogen) atoms. The number of likely N-dealkylation sites (N-methyl/N-ethyl adjacent to an activating group) is 1. The summed E-state index contributed by atoms with van der Waals surface area (Å²) in [6.07, 6.45) is 4.83. The number of aromatic nitrogens is 1. The summed E-state index contributed by atoms with van der Waals surface area (Å²) in [5, 5.41) is 12.0. The topological polar surface area (TPSA) is 108 Å². The van der Waals surface area contributed by atoms with Crippen LogP contribution >= 0.6 is 0 Å². The summed E-state index contributed by atoms with van der Waals surface area (Å²) in [6.45, 7) is 2.21. The van der Waals surface area contributed by atoms with E-state index >= 15 is 0 Å². The van der Waals surface area contributed by atoms with E-state index in [1.54, 1.807) is 30.5 Å². The molecule has 1 fully saturated rings. The van der Waals surface area contributed by atoms with Crippen LogP contribution in [0.15, 0.2) is 83.6 Å². The zero-order chi connectivity index (χ0) is 28.8. The van der Waals surface area contributed by atoms with Gasteiger partial charge in [-0.3, -0.25) is 14.6 Å². The van der Waals surface area contributed by atoms with Crippen LogP contribution in [0.25, 0.3) is 11.5 Å². The SMILES string of the molecule is CN(CC(=O)Nc1ccc(Oc2ccc(-c3ncco3)cc2)cc1)C1CCN(Cc2ccc(C(=O)O)cc2F)CC1. The van der Waals surface area contributed by atoms with Gasteiger partial charge in [0.05, 0.1) is 18.3 Å². The lowest BCUT2D eigenvalue weighted by atomic mass is 10.0. The van der Waals surface area contributed by atoms with Crippen molar-refractivity contribution in [3.63, 3.8) is 0 Å². The van der Waals surface area contributed by atoms with Gasteiger partial charge in [-0.2, -0.15) is 0 Å². The fourth-order valence-electron chi connectivity index (χ4n) is 4.90. The summed E-state index contributed by atoms with van der Waals surface area (Å²) in [6, 6.07) is 18.9. The number of amides is 1. The molecule has 1 amide bonds. The van der Waals surface area contributed by atoms with E-state index in [0.717, 1.165) is 37.6 Å². The van der Waals surface area contributed by atoms with E-state index in [9.17, 15) is 14.0 Å². The Kier molecular flexibility index (Phi) is 8.71. The molecule has 0 bridgehead atoms. The van der Waals surface area contributed by atoms with E-state index in [0.29, 0.717) is 35.2 Å². The number of nitrogens with one attached hydrogen (secondary N) is 1. The van der Waals surface area contributed by atoms with Crippen LogP contribution in [0, 0.1) is 5.82 Å². The highest BCUT2D eigenvalue weighted by molar-refractivity contribution is 5.92. The molecule has 3 aromatic carbocycles. The largest absolute Gasteiger partial charge is 0.478 e. The Balaban J connectivity index is 1.05. The minimum Gasteiger partial charge on any atom is -0.478 e. The third kappa shape index (κ3) is 7.36. The standard InChI is InChI=1S/C31H31FN4O5/c1-35(25-12-15-36(16-13-25)19-23-3-2-22(31(38)39)18-28(23)32)20-29(37)34-24-6-10-27(11-7-24)41-26-8-4-21(5-9-26)30-33-14-17-40-30/h2-11,14,17-18,25H,12-13,15-16,19-20H2,1H3,(H,34,37)(H,38,39). The van der Waals surface area contributed by atoms with Crippen molar-refractivity contribution < 1.29 is 28.2 Å². The molecular weight excluding hydrogens is 527 g/mol. The van der Waals surface area contributed by atoms with Crippen LogP contribution in [0.4, 0.5) is 10.1 Å². The second kappa shape index (κ2) is 12.8. The van der Waals surface area contributed by atoms with Crippen molar-refractivity contribution in [2.45, 2.75) is 25.4 Å². The van der Waals surface area contributed by atoms with E-state index in [2.05, 4.69) is 15.2 Å². The minimum absolute atomic E-state index is 0.0556. The molecule has 1 saturated heterocycles. The molecule has 212 valence electrons. The molecule has 9 nitrogen and oxygen atoms in total. The number of benzene rings is 3. The van der Waals surface area contributed by atoms with Crippen molar-refractivity contribution in [3.05, 3.63) is 96.1 Å². The van der Waals surface area contributed by atoms with Crippen molar-refractivity contribution >= 4 is 17.6 Å². The van der Waals surface area contributed by atoms with Gasteiger partial charge in [0, 0.05) is 29.4 Å². The molecule has 0 spiro atoms. The van der Waals surface area contributed by atoms with Gasteiger partial charge in [0.25, 0.3) is 0 Å². The van der Waals surface area contributed by atoms with Gasteiger partial charge in [-0.25, -0.2) is 14.2 Å². The lowest BCUT2D eigenvalue weighted by molar-refractivity contribution is -0.117. The Morgan fingerprint density at radius 3 is 2.37 bits per heavy atom. The molecule has 0 radical (unpaired) electrons. The highest BCUT2D eigenvalue weighted by Crippen LogP contribution is 2.26. The number of halogens is 1. The molecule has 1 aliphatic rings. The van der Waals surface area contributed by atoms with E-state index in [-0.39, 0.29) is 24.1 Å². The Morgan fingerprint density at radius 2 is 1.76 bits per heavy atom. The fourth-order valence-corrected chi connectivity index (χ4v) is 4.90. The number of aromatic carboxylic acids is 1. The fraction of sp³-hybridized carbons (Fsp3) is 0.258. The summed E-state index contributed by atoms with van der Waals surface area (Å²) in [5.41, 5.74) is 1.97. The summed E-state index contributed by atoms with van der Waals surface area (Å²) in [4.78, 5) is 32.1. The zero-order valence-corrected chi connectivity index (χ0v) is 22.6. The van der Waals surface area contributed by atoms with Crippen molar-refractivity contribution in [3.8, 4) is 23.0 Å². The van der Waals surface area contributed by atoms with Gasteiger partial charge in [0.1, 0.15) is 23.6 Å². The predicted molar refractivity (Wildman–Crippen MR) is 151 cm³/mol. The first-order chi connectivity index (χ1) is 19.8. The number of rotatable bonds is 10. The van der Waals surface area contributed by atoms with Crippen LogP contribution in [-0.2, 0) is 11.3 Å². The lowest BCUT2D eigenvalue weighted by Crippen LogP contribution is -2.45. The Labute approximate surface area is 237 Å². The molecule has 0 aliphatic carbocycles. The molecule has 2 N–H and O–H groups in total. The number of hydrogen-bond donors (Lipinski definition) is 2. The molecule has 5 rings (SSSR count). The van der Waals surface area contributed by atoms with Gasteiger partial charge in [-0.15, -0.1) is 0 Å². The van der Waals surface area contributed by atoms with Crippen molar-refractivity contribution in [2.75, 3.05) is 32.0 Å². The molecule has 0 unspecified atom stereocenters. The lowest BCUT2D eigenvalue weighted by Gasteiger charge is -2.36. The number of carbonyl (C=O) groups is 2. The summed E-state index contributed by atoms with van der Waals surface area (Å²) < 4.78 is 25.5. The first kappa shape index (κ1) is 28.0. The molecule has 1 aromatic heterocycles. The van der Waals surface area contributed by atoms with Crippen LogP contribution < -0.4 is 10.1 Å². The number of oxazole rings is 1. The quantitative estimate of drug-likeness (QED) is 0.263. The molecule has 0 atom stereocenters. The Bertz CT molecular complexity index is 1470. The third-order valence-electron chi connectivity index (χ3n) is 7.17. The van der Waals surface area contributed by atoms with Gasteiger partial charge in [0.2, 0.25) is 11.8 Å². The van der Waals surface area contributed by atoms with Crippen molar-refractivity contribution in [1.29, 1.82) is 0 Å². The normalized spacial score (nSPS) is 14.2. The number of piperidine rings is 1. The molecule has 4 aromatic rings. The van der Waals surface area contributed by atoms with E-state index in [1.807, 2.05) is 36.2 Å². The molecule has 0 saturated carbocycles. The van der Waals surface area contributed by atoms with Gasteiger partial charge in [-0.1, -0.05) is 6.07 Å². The summed E-state index contributed by atoms with van der Waals surface area (Å²) >= 11 is 0. The maximum absolute atomic E-state index is 14.3. The average Bonchev–Trinajstić information content (AvgIpc) is 3.51. The maximum atomic E-state index is 14.3. The Morgan fingerprint density at radius 1 is 1.07 bits per heavy atom. The number of ether oxygens (including phenoxy) is 1. The zero-order valence-electron chi connectivity index (χ0n) is 22.6. The monoisotopic (exact) mass is 558 g/mol. The van der Waals surface area contributed by atoms with Crippen LogP contribution in [0.1, 0.15) is 28.8 Å². The first-order valence-electron chi connectivity index (χ1n) is 13.4. The van der Waals surface area contributed by atoms with Gasteiger partial charge in [-0.05, 0) is 93.6 Å². The minimum atomic E-state index is -1.14. The van der Waals surface area contributed by atoms with Gasteiger partial charge >= 0.3 is 5.97 Å². The maximum Gasteiger partial charge on any atom is 0.335 e. The molecule has 1 aliphatic heterocycles. The van der Waals surface area contributed by atoms with Crippen LogP contribution in [0.2, 0.25) is 0 Å². The van der Waals surface area contributed by atoms with Crippen molar-refractivity contribution in [1.82, 2.24) is 14.8 Å². The predicted octanol–water partition coefficient (Wildman–Crippen LogP) is 5.51. The van der Waals surface area contributed by atoms with E-state index < -0.39 is 11.8 Å². The number of anilines is 1. The van der Waals surface area contributed by atoms with Crippen LogP contribution in [-0.4, -0.2) is 64.5 Å². The number of carboxylic acid groups (broad SMARTS) is 1. The average molecular weight is 559 g/mol. The van der Waals surface area contributed by atoms with Crippen LogP contribution in [0.5, 0.6) is 11.5 Å². The van der Waals surface area contributed by atoms with Gasteiger partial charge in [0.15, 0.2) is 0 Å². The van der Waals surface area contributed by atoms with E-state index in [4.69, 9.17) is 14.3 Å². The summed E-state index contributed by atoms with van der Waals surface area (Å²) in [7, 11) is 1.94. The highest BCUT2D eigenvalue weighted by Gasteiger charge is 2.24. The first-order valence-corrected chi connectivity index (χ1v) is 13.4. The number of hydrogen-bond acceptors (Lipinski definition) is 7. The molecular formula is C31H31FN4O5. The van der Waals surface area contributed by atoms with Crippen molar-refractivity contribution in [2.24, 2.45) is 0 Å². The molecule has 2 heterocycles. The van der Waals surface area contributed by atoms with Gasteiger partial charge < -0.3 is 19.6 Å².